The quantitative estimate of drug-likeness (QED) is 0.515. The number of carboxylic acids is 1. The highest BCUT2D eigenvalue weighted by Gasteiger charge is 2.05. The van der Waals surface area contributed by atoms with Crippen LogP contribution in [-0.4, -0.2) is 23.7 Å². The third-order valence-electron chi connectivity index (χ3n) is 3.04. The molecule has 0 bridgehead atoms. The molecule has 102 valence electrons. The summed E-state index contributed by atoms with van der Waals surface area (Å²) in [6.45, 7) is 5.50. The van der Waals surface area contributed by atoms with Crippen molar-refractivity contribution in [2.45, 2.75) is 77.7 Å². The van der Waals surface area contributed by atoms with E-state index in [0.717, 1.165) is 25.8 Å². The van der Waals surface area contributed by atoms with Crippen LogP contribution in [0, 0.1) is 0 Å². The molecule has 3 nitrogen and oxygen atoms in total. The first kappa shape index (κ1) is 16.4. The van der Waals surface area contributed by atoms with E-state index in [0.29, 0.717) is 12.5 Å². The van der Waals surface area contributed by atoms with Crippen LogP contribution in [-0.2, 0) is 4.79 Å². The van der Waals surface area contributed by atoms with Crippen LogP contribution in [0.3, 0.4) is 0 Å². The van der Waals surface area contributed by atoms with Crippen LogP contribution in [0.2, 0.25) is 0 Å². The minimum absolute atomic E-state index is 0.314. The molecule has 0 radical (unpaired) electrons. The zero-order valence-electron chi connectivity index (χ0n) is 11.5. The lowest BCUT2D eigenvalue weighted by molar-refractivity contribution is -0.137. The molecule has 3 heteroatoms. The molecule has 0 aromatic carbocycles. The first-order chi connectivity index (χ1) is 8.20. The van der Waals surface area contributed by atoms with Crippen molar-refractivity contribution in [3.63, 3.8) is 0 Å². The molecule has 17 heavy (non-hydrogen) atoms. The maximum Gasteiger partial charge on any atom is 0.303 e. The number of hydrogen-bond acceptors (Lipinski definition) is 2. The average Bonchev–Trinajstić information content (AvgIpc) is 2.29. The van der Waals surface area contributed by atoms with E-state index in [1.807, 2.05) is 0 Å². The highest BCUT2D eigenvalue weighted by molar-refractivity contribution is 5.66. The molecule has 0 spiro atoms. The smallest absolute Gasteiger partial charge is 0.303 e. The second kappa shape index (κ2) is 11.9. The molecule has 0 amide bonds. The molecule has 2 N–H and O–H groups in total. The van der Waals surface area contributed by atoms with Crippen molar-refractivity contribution in [2.24, 2.45) is 0 Å². The van der Waals surface area contributed by atoms with Gasteiger partial charge in [0.1, 0.15) is 0 Å². The van der Waals surface area contributed by atoms with Crippen molar-refractivity contribution >= 4 is 5.97 Å². The summed E-state index contributed by atoms with van der Waals surface area (Å²) in [5.74, 6) is -0.676. The zero-order valence-corrected chi connectivity index (χ0v) is 11.5. The number of carboxylic acid groups (broad SMARTS) is 1. The van der Waals surface area contributed by atoms with Gasteiger partial charge >= 0.3 is 5.97 Å². The SMILES string of the molecule is CCCCC(CCC)NCCCCCC(=O)O. The summed E-state index contributed by atoms with van der Waals surface area (Å²) in [4.78, 5) is 10.3. The Morgan fingerprint density at radius 3 is 2.41 bits per heavy atom. The van der Waals surface area contributed by atoms with Crippen molar-refractivity contribution in [3.05, 3.63) is 0 Å². The predicted octanol–water partition coefficient (Wildman–Crippen LogP) is 3.58. The summed E-state index contributed by atoms with van der Waals surface area (Å²) in [5.41, 5.74) is 0. The van der Waals surface area contributed by atoms with Crippen LogP contribution in [0.4, 0.5) is 0 Å². The Labute approximate surface area is 106 Å². The van der Waals surface area contributed by atoms with Gasteiger partial charge in [0.25, 0.3) is 0 Å². The van der Waals surface area contributed by atoms with Crippen molar-refractivity contribution in [1.82, 2.24) is 5.32 Å². The van der Waals surface area contributed by atoms with Gasteiger partial charge in [-0.25, -0.2) is 0 Å². The van der Waals surface area contributed by atoms with E-state index in [4.69, 9.17) is 5.11 Å². The summed E-state index contributed by atoms with van der Waals surface area (Å²) >= 11 is 0. The van der Waals surface area contributed by atoms with Crippen molar-refractivity contribution in [3.8, 4) is 0 Å². The average molecular weight is 243 g/mol. The Morgan fingerprint density at radius 1 is 1.06 bits per heavy atom. The topological polar surface area (TPSA) is 49.3 Å². The van der Waals surface area contributed by atoms with E-state index in [1.54, 1.807) is 0 Å². The van der Waals surface area contributed by atoms with Crippen LogP contribution < -0.4 is 5.32 Å². The van der Waals surface area contributed by atoms with Gasteiger partial charge in [-0.2, -0.15) is 0 Å². The number of hydrogen-bond donors (Lipinski definition) is 2. The maximum absolute atomic E-state index is 10.3. The number of nitrogens with one attached hydrogen (secondary N) is 1. The molecule has 0 aliphatic carbocycles. The third kappa shape index (κ3) is 11.7. The van der Waals surface area contributed by atoms with Crippen molar-refractivity contribution in [1.29, 1.82) is 0 Å². The van der Waals surface area contributed by atoms with E-state index in [-0.39, 0.29) is 0 Å². The first-order valence-corrected chi connectivity index (χ1v) is 7.15. The summed E-state index contributed by atoms with van der Waals surface area (Å²) in [6.07, 6.45) is 9.58. The minimum atomic E-state index is -0.676. The van der Waals surface area contributed by atoms with Crippen LogP contribution in [0.1, 0.15) is 71.6 Å². The monoisotopic (exact) mass is 243 g/mol. The zero-order chi connectivity index (χ0) is 12.9. The molecule has 0 saturated heterocycles. The number of carbonyl (C=O) groups is 1. The molecular weight excluding hydrogens is 214 g/mol. The fourth-order valence-electron chi connectivity index (χ4n) is 2.03. The van der Waals surface area contributed by atoms with E-state index in [1.165, 1.54) is 32.1 Å². The van der Waals surface area contributed by atoms with Gasteiger partial charge in [-0.15, -0.1) is 0 Å². The van der Waals surface area contributed by atoms with Gasteiger partial charge in [0.05, 0.1) is 0 Å². The molecule has 0 fully saturated rings. The second-order valence-electron chi connectivity index (χ2n) is 4.79. The lowest BCUT2D eigenvalue weighted by atomic mass is 10.0. The molecule has 0 heterocycles. The lowest BCUT2D eigenvalue weighted by Gasteiger charge is -2.17. The minimum Gasteiger partial charge on any atom is -0.481 e. The van der Waals surface area contributed by atoms with Crippen molar-refractivity contribution in [2.75, 3.05) is 6.54 Å². The first-order valence-electron chi connectivity index (χ1n) is 7.15. The van der Waals surface area contributed by atoms with E-state index >= 15 is 0 Å². The molecule has 1 unspecified atom stereocenters. The highest BCUT2D eigenvalue weighted by Crippen LogP contribution is 2.07. The molecule has 0 rings (SSSR count). The molecule has 0 aromatic heterocycles. The Balaban J connectivity index is 3.43. The molecular formula is C14H29NO2. The summed E-state index contributed by atoms with van der Waals surface area (Å²) in [5, 5.41) is 12.1. The third-order valence-corrected chi connectivity index (χ3v) is 3.04. The molecule has 0 aromatic rings. The summed E-state index contributed by atoms with van der Waals surface area (Å²) in [7, 11) is 0. The van der Waals surface area contributed by atoms with Crippen LogP contribution >= 0.6 is 0 Å². The van der Waals surface area contributed by atoms with Crippen LogP contribution in [0.25, 0.3) is 0 Å². The Kier molecular flexibility index (Phi) is 11.5. The van der Waals surface area contributed by atoms with Crippen molar-refractivity contribution < 1.29 is 9.90 Å². The van der Waals surface area contributed by atoms with Gasteiger partial charge in [0.15, 0.2) is 0 Å². The fraction of sp³-hybridized carbons (Fsp3) is 0.929. The summed E-state index contributed by atoms with van der Waals surface area (Å²) < 4.78 is 0. The number of aliphatic carboxylic acids is 1. The molecule has 1 atom stereocenters. The van der Waals surface area contributed by atoms with Gasteiger partial charge in [-0.1, -0.05) is 39.5 Å². The van der Waals surface area contributed by atoms with Gasteiger partial charge < -0.3 is 10.4 Å². The van der Waals surface area contributed by atoms with E-state index in [9.17, 15) is 4.79 Å². The molecule has 0 saturated carbocycles. The van der Waals surface area contributed by atoms with Crippen LogP contribution in [0.5, 0.6) is 0 Å². The number of rotatable bonds is 12. The molecule has 0 aliphatic heterocycles. The largest absolute Gasteiger partial charge is 0.481 e. The Morgan fingerprint density at radius 2 is 1.82 bits per heavy atom. The standard InChI is InChI=1S/C14H29NO2/c1-3-5-10-13(9-4-2)15-12-8-6-7-11-14(16)17/h13,15H,3-12H2,1-2H3,(H,16,17). The normalized spacial score (nSPS) is 12.6. The van der Waals surface area contributed by atoms with Gasteiger partial charge in [-0.3, -0.25) is 4.79 Å². The van der Waals surface area contributed by atoms with Gasteiger partial charge in [0.2, 0.25) is 0 Å². The predicted molar refractivity (Wildman–Crippen MR) is 72.3 cm³/mol. The molecule has 0 aliphatic rings. The maximum atomic E-state index is 10.3. The number of unbranched alkanes of at least 4 members (excludes halogenated alkanes) is 3. The second-order valence-corrected chi connectivity index (χ2v) is 4.79. The van der Waals surface area contributed by atoms with Crippen LogP contribution in [0.15, 0.2) is 0 Å². The fourth-order valence-corrected chi connectivity index (χ4v) is 2.03. The van der Waals surface area contributed by atoms with Gasteiger partial charge in [-0.05, 0) is 32.2 Å². The van der Waals surface area contributed by atoms with E-state index < -0.39 is 5.97 Å². The van der Waals surface area contributed by atoms with E-state index in [2.05, 4.69) is 19.2 Å². The Hall–Kier alpha value is -0.570. The lowest BCUT2D eigenvalue weighted by Crippen LogP contribution is -2.29. The van der Waals surface area contributed by atoms with Gasteiger partial charge in [0, 0.05) is 12.5 Å². The Bertz CT molecular complexity index is 183. The highest BCUT2D eigenvalue weighted by atomic mass is 16.4. The summed E-state index contributed by atoms with van der Waals surface area (Å²) in [6, 6.07) is 0.666.